The van der Waals surface area contributed by atoms with Crippen LogP contribution in [0.25, 0.3) is 0 Å². The fourth-order valence-electron chi connectivity index (χ4n) is 3.13. The highest BCUT2D eigenvalue weighted by molar-refractivity contribution is 7.80. The number of rotatable bonds is 3. The monoisotopic (exact) mass is 298 g/mol. The minimum Gasteiger partial charge on any atom is -0.466 e. The van der Waals surface area contributed by atoms with E-state index in [0.717, 1.165) is 24.5 Å². The third kappa shape index (κ3) is 4.33. The van der Waals surface area contributed by atoms with Crippen molar-refractivity contribution in [2.24, 2.45) is 5.92 Å². The van der Waals surface area contributed by atoms with Gasteiger partial charge >= 0.3 is 5.97 Å². The van der Waals surface area contributed by atoms with Gasteiger partial charge in [0.15, 0.2) is 5.11 Å². The molecule has 20 heavy (non-hydrogen) atoms. The average molecular weight is 298 g/mol. The molecule has 0 bridgehead atoms. The van der Waals surface area contributed by atoms with E-state index in [9.17, 15) is 4.79 Å². The first kappa shape index (κ1) is 15.5. The van der Waals surface area contributed by atoms with Gasteiger partial charge in [0.05, 0.1) is 12.5 Å². The van der Waals surface area contributed by atoms with Crippen LogP contribution in [-0.4, -0.2) is 41.7 Å². The van der Waals surface area contributed by atoms with Gasteiger partial charge in [0, 0.05) is 19.1 Å². The highest BCUT2D eigenvalue weighted by atomic mass is 32.1. The Morgan fingerprint density at radius 2 is 2.00 bits per heavy atom. The number of piperidine rings is 1. The average Bonchev–Trinajstić information content (AvgIpc) is 2.48. The molecular weight excluding hydrogens is 272 g/mol. The van der Waals surface area contributed by atoms with Crippen LogP contribution in [0.4, 0.5) is 0 Å². The summed E-state index contributed by atoms with van der Waals surface area (Å²) in [5, 5.41) is 4.31. The van der Waals surface area contributed by atoms with E-state index in [-0.39, 0.29) is 11.9 Å². The number of hydrogen-bond acceptors (Lipinski definition) is 3. The summed E-state index contributed by atoms with van der Waals surface area (Å²) in [6, 6.07) is 0.527. The highest BCUT2D eigenvalue weighted by Gasteiger charge is 2.28. The van der Waals surface area contributed by atoms with E-state index in [4.69, 9.17) is 17.0 Å². The summed E-state index contributed by atoms with van der Waals surface area (Å²) >= 11 is 5.52. The molecule has 1 saturated heterocycles. The lowest BCUT2D eigenvalue weighted by Gasteiger charge is -2.35. The predicted molar refractivity (Wildman–Crippen MR) is 83.5 cm³/mol. The summed E-state index contributed by atoms with van der Waals surface area (Å²) < 4.78 is 5.13. The Hall–Kier alpha value is -0.840. The van der Waals surface area contributed by atoms with Gasteiger partial charge in [-0.25, -0.2) is 0 Å². The lowest BCUT2D eigenvalue weighted by Crippen LogP contribution is -2.50. The van der Waals surface area contributed by atoms with Crippen LogP contribution in [0.2, 0.25) is 0 Å². The fourth-order valence-corrected chi connectivity index (χ4v) is 3.46. The second-order valence-corrected chi connectivity index (χ2v) is 6.21. The minimum atomic E-state index is -0.0716. The first-order valence-electron chi connectivity index (χ1n) is 7.92. The van der Waals surface area contributed by atoms with E-state index in [0.29, 0.717) is 19.2 Å². The summed E-state index contributed by atoms with van der Waals surface area (Å²) in [6.45, 7) is 3.97. The van der Waals surface area contributed by atoms with Crippen LogP contribution in [0, 0.1) is 5.92 Å². The third-order valence-electron chi connectivity index (χ3n) is 4.26. The van der Waals surface area contributed by atoms with E-state index in [1.807, 2.05) is 6.92 Å². The Kier molecular flexibility index (Phi) is 6.07. The van der Waals surface area contributed by atoms with Crippen molar-refractivity contribution in [2.75, 3.05) is 19.7 Å². The second-order valence-electron chi connectivity index (χ2n) is 5.82. The third-order valence-corrected chi connectivity index (χ3v) is 4.64. The van der Waals surface area contributed by atoms with Gasteiger partial charge in [-0.2, -0.15) is 0 Å². The lowest BCUT2D eigenvalue weighted by molar-refractivity contribution is -0.149. The summed E-state index contributed by atoms with van der Waals surface area (Å²) in [4.78, 5) is 14.0. The summed E-state index contributed by atoms with van der Waals surface area (Å²) in [5.41, 5.74) is 0. The SMILES string of the molecule is CCOC(=O)[C@H]1CCCN(C(=S)NC2CCCCC2)C1. The van der Waals surface area contributed by atoms with Gasteiger partial charge in [0.25, 0.3) is 0 Å². The number of ether oxygens (including phenoxy) is 1. The lowest BCUT2D eigenvalue weighted by atomic mass is 9.95. The van der Waals surface area contributed by atoms with Crippen molar-refractivity contribution in [3.63, 3.8) is 0 Å². The van der Waals surface area contributed by atoms with Gasteiger partial charge in [0.2, 0.25) is 0 Å². The maximum atomic E-state index is 11.8. The number of hydrogen-bond donors (Lipinski definition) is 1. The molecule has 4 nitrogen and oxygen atoms in total. The molecule has 0 unspecified atom stereocenters. The molecule has 2 rings (SSSR count). The molecule has 0 aromatic heterocycles. The number of likely N-dealkylation sites (tertiary alicyclic amines) is 1. The first-order valence-corrected chi connectivity index (χ1v) is 8.33. The van der Waals surface area contributed by atoms with E-state index in [2.05, 4.69) is 10.2 Å². The topological polar surface area (TPSA) is 41.6 Å². The Bertz CT molecular complexity index is 343. The van der Waals surface area contributed by atoms with Crippen molar-refractivity contribution < 1.29 is 9.53 Å². The molecule has 114 valence electrons. The van der Waals surface area contributed by atoms with Crippen molar-refractivity contribution in [2.45, 2.75) is 57.9 Å². The highest BCUT2D eigenvalue weighted by Crippen LogP contribution is 2.20. The standard InChI is InChI=1S/C15H26N2O2S/c1-2-19-14(18)12-7-6-10-17(11-12)15(20)16-13-8-4-3-5-9-13/h12-13H,2-11H2,1H3,(H,16,20)/t12-/m0/s1. The molecular formula is C15H26N2O2S. The van der Waals surface area contributed by atoms with Gasteiger partial charge in [-0.15, -0.1) is 0 Å². The smallest absolute Gasteiger partial charge is 0.310 e. The van der Waals surface area contributed by atoms with Crippen LogP contribution in [0.1, 0.15) is 51.9 Å². The van der Waals surface area contributed by atoms with Crippen molar-refractivity contribution in [1.29, 1.82) is 0 Å². The van der Waals surface area contributed by atoms with E-state index >= 15 is 0 Å². The summed E-state index contributed by atoms with van der Waals surface area (Å²) in [6.07, 6.45) is 8.30. The second kappa shape index (κ2) is 7.81. The van der Waals surface area contributed by atoms with Crippen LogP contribution < -0.4 is 5.32 Å². The molecule has 1 aliphatic heterocycles. The van der Waals surface area contributed by atoms with Gasteiger partial charge in [0.1, 0.15) is 0 Å². The molecule has 1 N–H and O–H groups in total. The van der Waals surface area contributed by atoms with Crippen molar-refractivity contribution in [1.82, 2.24) is 10.2 Å². The number of thiocarbonyl (C=S) groups is 1. The Labute approximate surface area is 127 Å². The quantitative estimate of drug-likeness (QED) is 0.640. The van der Waals surface area contributed by atoms with Crippen molar-refractivity contribution in [3.05, 3.63) is 0 Å². The number of esters is 1. The maximum absolute atomic E-state index is 11.8. The van der Waals surface area contributed by atoms with Crippen LogP contribution >= 0.6 is 12.2 Å². The molecule has 1 atom stereocenters. The molecule has 1 saturated carbocycles. The molecule has 0 radical (unpaired) electrons. The van der Waals surface area contributed by atoms with E-state index in [1.54, 1.807) is 0 Å². The van der Waals surface area contributed by atoms with Gasteiger partial charge in [-0.05, 0) is 44.8 Å². The number of carbonyl (C=O) groups is 1. The molecule has 1 aliphatic carbocycles. The summed E-state index contributed by atoms with van der Waals surface area (Å²) in [5.74, 6) is -0.0903. The molecule has 2 aliphatic rings. The van der Waals surface area contributed by atoms with Gasteiger partial charge in [-0.1, -0.05) is 19.3 Å². The molecule has 0 aromatic carbocycles. The van der Waals surface area contributed by atoms with Crippen LogP contribution in [0.3, 0.4) is 0 Å². The minimum absolute atomic E-state index is 0.0187. The zero-order chi connectivity index (χ0) is 14.4. The first-order chi connectivity index (χ1) is 9.70. The van der Waals surface area contributed by atoms with Crippen LogP contribution in [-0.2, 0) is 9.53 Å². The maximum Gasteiger partial charge on any atom is 0.310 e. The fraction of sp³-hybridized carbons (Fsp3) is 0.867. The predicted octanol–water partition coefficient (Wildman–Crippen LogP) is 2.47. The Balaban J connectivity index is 1.81. The zero-order valence-electron chi connectivity index (χ0n) is 12.4. The van der Waals surface area contributed by atoms with Crippen LogP contribution in [0.5, 0.6) is 0 Å². The van der Waals surface area contributed by atoms with Crippen molar-refractivity contribution >= 4 is 23.3 Å². The molecule has 5 heteroatoms. The zero-order valence-corrected chi connectivity index (χ0v) is 13.2. The number of carbonyl (C=O) groups excluding carboxylic acids is 1. The van der Waals surface area contributed by atoms with E-state index < -0.39 is 0 Å². The molecule has 2 fully saturated rings. The van der Waals surface area contributed by atoms with Crippen molar-refractivity contribution in [3.8, 4) is 0 Å². The van der Waals surface area contributed by atoms with Crippen LogP contribution in [0.15, 0.2) is 0 Å². The Morgan fingerprint density at radius 1 is 1.25 bits per heavy atom. The largest absolute Gasteiger partial charge is 0.466 e. The molecule has 0 spiro atoms. The number of nitrogens with one attached hydrogen (secondary N) is 1. The van der Waals surface area contributed by atoms with E-state index in [1.165, 1.54) is 32.1 Å². The molecule has 1 heterocycles. The molecule has 0 amide bonds. The number of nitrogens with zero attached hydrogens (tertiary/aromatic N) is 1. The van der Waals surface area contributed by atoms with Gasteiger partial charge in [-0.3, -0.25) is 4.79 Å². The molecule has 0 aromatic rings. The summed E-state index contributed by atoms with van der Waals surface area (Å²) in [7, 11) is 0. The Morgan fingerprint density at radius 3 is 2.70 bits per heavy atom. The normalized spacial score (nSPS) is 24.2. The van der Waals surface area contributed by atoms with Gasteiger partial charge < -0.3 is 15.0 Å².